The summed E-state index contributed by atoms with van der Waals surface area (Å²) in [7, 11) is -4.18. The summed E-state index contributed by atoms with van der Waals surface area (Å²) >= 11 is 5.73. The number of nitrogens with zero attached hydrogens (tertiary/aromatic N) is 1. The number of halogens is 3. The molecule has 0 aliphatic rings. The topological polar surface area (TPSA) is 118 Å². The molecule has 1 amide bonds. The average Bonchev–Trinajstić information content (AvgIpc) is 2.71. The summed E-state index contributed by atoms with van der Waals surface area (Å²) in [6.07, 6.45) is 0. The van der Waals surface area contributed by atoms with E-state index in [-0.39, 0.29) is 27.6 Å². The lowest BCUT2D eigenvalue weighted by atomic mass is 10.2. The van der Waals surface area contributed by atoms with Gasteiger partial charge in [0, 0.05) is 23.0 Å². The minimum atomic E-state index is -4.18. The molecule has 8 nitrogen and oxygen atoms in total. The molecule has 0 saturated heterocycles. The zero-order chi connectivity index (χ0) is 22.8. The highest BCUT2D eigenvalue weighted by Crippen LogP contribution is 2.27. The van der Waals surface area contributed by atoms with Gasteiger partial charge in [0.25, 0.3) is 21.6 Å². The number of nitro benzene ring substituents is 1. The molecule has 0 heterocycles. The van der Waals surface area contributed by atoms with Crippen molar-refractivity contribution in [3.05, 3.63) is 93.0 Å². The van der Waals surface area contributed by atoms with Gasteiger partial charge in [-0.25, -0.2) is 17.2 Å². The third kappa shape index (κ3) is 5.13. The van der Waals surface area contributed by atoms with Crippen molar-refractivity contribution in [2.24, 2.45) is 0 Å². The van der Waals surface area contributed by atoms with Gasteiger partial charge in [0.15, 0.2) is 11.6 Å². The third-order valence-electron chi connectivity index (χ3n) is 4.00. The standard InChI is InChI=1S/C19H12ClF2N3O5S/c20-15-7-5-13(9-18(15)25(27)28)23-19(26)11-1-3-12(4-2-11)24-31(29,30)14-6-8-16(21)17(22)10-14/h1-10,24H,(H,23,26). The van der Waals surface area contributed by atoms with Crippen LogP contribution in [-0.4, -0.2) is 19.2 Å². The van der Waals surface area contributed by atoms with Crippen molar-refractivity contribution in [3.63, 3.8) is 0 Å². The molecule has 0 spiro atoms. The SMILES string of the molecule is O=C(Nc1ccc(Cl)c([N+](=O)[O-])c1)c1ccc(NS(=O)(=O)c2ccc(F)c(F)c2)cc1. The molecule has 0 saturated carbocycles. The Bertz CT molecular complexity index is 1280. The molecule has 0 unspecified atom stereocenters. The molecule has 2 N–H and O–H groups in total. The Labute approximate surface area is 179 Å². The monoisotopic (exact) mass is 467 g/mol. The second-order valence-electron chi connectivity index (χ2n) is 6.14. The number of hydrogen-bond donors (Lipinski definition) is 2. The van der Waals surface area contributed by atoms with Crippen LogP contribution in [0.4, 0.5) is 25.8 Å². The van der Waals surface area contributed by atoms with E-state index in [0.29, 0.717) is 12.1 Å². The summed E-state index contributed by atoms with van der Waals surface area (Å²) in [6, 6.07) is 11.1. The van der Waals surface area contributed by atoms with Crippen LogP contribution in [0, 0.1) is 21.7 Å². The molecule has 0 aliphatic heterocycles. The normalized spacial score (nSPS) is 11.1. The van der Waals surface area contributed by atoms with Gasteiger partial charge in [0.05, 0.1) is 9.82 Å². The molecule has 0 bridgehead atoms. The van der Waals surface area contributed by atoms with Gasteiger partial charge >= 0.3 is 0 Å². The van der Waals surface area contributed by atoms with Crippen LogP contribution in [0.2, 0.25) is 5.02 Å². The largest absolute Gasteiger partial charge is 0.322 e. The van der Waals surface area contributed by atoms with Gasteiger partial charge in [0.2, 0.25) is 0 Å². The van der Waals surface area contributed by atoms with E-state index in [1.165, 1.54) is 36.4 Å². The van der Waals surface area contributed by atoms with Gasteiger partial charge in [0.1, 0.15) is 5.02 Å². The van der Waals surface area contributed by atoms with E-state index in [2.05, 4.69) is 10.0 Å². The van der Waals surface area contributed by atoms with Gasteiger partial charge in [-0.2, -0.15) is 0 Å². The lowest BCUT2D eigenvalue weighted by Gasteiger charge is -2.10. The van der Waals surface area contributed by atoms with Crippen molar-refractivity contribution < 1.29 is 26.9 Å². The van der Waals surface area contributed by atoms with Crippen molar-refractivity contribution in [1.82, 2.24) is 0 Å². The first-order valence-corrected chi connectivity index (χ1v) is 10.3. The van der Waals surface area contributed by atoms with Crippen molar-refractivity contribution in [2.75, 3.05) is 10.0 Å². The highest BCUT2D eigenvalue weighted by molar-refractivity contribution is 7.92. The Morgan fingerprint density at radius 3 is 2.19 bits per heavy atom. The van der Waals surface area contributed by atoms with E-state index in [1.54, 1.807) is 0 Å². The van der Waals surface area contributed by atoms with Crippen LogP contribution in [-0.2, 0) is 10.0 Å². The second kappa shape index (κ2) is 8.66. The first-order chi connectivity index (χ1) is 14.6. The zero-order valence-corrected chi connectivity index (χ0v) is 16.9. The van der Waals surface area contributed by atoms with Gasteiger partial charge in [-0.15, -0.1) is 0 Å². The minimum Gasteiger partial charge on any atom is -0.322 e. The molecule has 0 fully saturated rings. The summed E-state index contributed by atoms with van der Waals surface area (Å²) in [4.78, 5) is 22.1. The number of sulfonamides is 1. The number of carbonyl (C=O) groups is 1. The first-order valence-electron chi connectivity index (χ1n) is 8.40. The van der Waals surface area contributed by atoms with Gasteiger partial charge < -0.3 is 5.32 Å². The van der Waals surface area contributed by atoms with E-state index in [1.807, 2.05) is 0 Å². The Morgan fingerprint density at radius 1 is 0.935 bits per heavy atom. The van der Waals surface area contributed by atoms with Crippen molar-refractivity contribution in [3.8, 4) is 0 Å². The molecule has 0 aromatic heterocycles. The number of benzene rings is 3. The van der Waals surface area contributed by atoms with Crippen molar-refractivity contribution in [2.45, 2.75) is 4.90 Å². The first kappa shape index (κ1) is 22.1. The zero-order valence-electron chi connectivity index (χ0n) is 15.3. The maximum absolute atomic E-state index is 13.3. The summed E-state index contributed by atoms with van der Waals surface area (Å²) in [5.74, 6) is -3.09. The summed E-state index contributed by atoms with van der Waals surface area (Å²) in [6.45, 7) is 0. The number of rotatable bonds is 6. The fourth-order valence-electron chi connectivity index (χ4n) is 2.48. The smallest absolute Gasteiger partial charge is 0.289 e. The number of nitrogens with one attached hydrogen (secondary N) is 2. The molecule has 0 atom stereocenters. The molecule has 3 rings (SSSR count). The van der Waals surface area contributed by atoms with E-state index in [0.717, 1.165) is 12.1 Å². The van der Waals surface area contributed by atoms with Gasteiger partial charge in [-0.3, -0.25) is 19.6 Å². The van der Waals surface area contributed by atoms with Gasteiger partial charge in [-0.05, 0) is 54.6 Å². The average molecular weight is 468 g/mol. The van der Waals surface area contributed by atoms with Crippen LogP contribution in [0.25, 0.3) is 0 Å². The maximum atomic E-state index is 13.3. The maximum Gasteiger partial charge on any atom is 0.289 e. The highest BCUT2D eigenvalue weighted by atomic mass is 35.5. The van der Waals surface area contributed by atoms with E-state index in [4.69, 9.17) is 11.6 Å². The molecule has 160 valence electrons. The Hall–Kier alpha value is -3.57. The molecule has 0 radical (unpaired) electrons. The van der Waals surface area contributed by atoms with E-state index < -0.39 is 37.4 Å². The van der Waals surface area contributed by atoms with Crippen LogP contribution in [0.5, 0.6) is 0 Å². The van der Waals surface area contributed by atoms with Crippen LogP contribution < -0.4 is 10.0 Å². The summed E-state index contributed by atoms with van der Waals surface area (Å²) in [5.41, 5.74) is -0.0255. The third-order valence-corrected chi connectivity index (χ3v) is 5.70. The number of hydrogen-bond acceptors (Lipinski definition) is 5. The molecule has 3 aromatic rings. The molecule has 31 heavy (non-hydrogen) atoms. The van der Waals surface area contributed by atoms with Crippen molar-refractivity contribution in [1.29, 1.82) is 0 Å². The van der Waals surface area contributed by atoms with Crippen LogP contribution in [0.1, 0.15) is 10.4 Å². The van der Waals surface area contributed by atoms with E-state index >= 15 is 0 Å². The summed E-state index contributed by atoms with van der Waals surface area (Å²) in [5, 5.41) is 13.3. The molecular weight excluding hydrogens is 456 g/mol. The molecule has 12 heteroatoms. The minimum absolute atomic E-state index is 0.0726. The number of carbonyl (C=O) groups excluding carboxylic acids is 1. The van der Waals surface area contributed by atoms with Crippen molar-refractivity contribution >= 4 is 44.6 Å². The van der Waals surface area contributed by atoms with Gasteiger partial charge in [-0.1, -0.05) is 11.6 Å². The predicted octanol–water partition coefficient (Wildman–Crippen LogP) is 4.58. The van der Waals surface area contributed by atoms with Crippen LogP contribution in [0.15, 0.2) is 65.6 Å². The molecule has 3 aromatic carbocycles. The van der Waals surface area contributed by atoms with Crippen LogP contribution >= 0.6 is 11.6 Å². The lowest BCUT2D eigenvalue weighted by molar-refractivity contribution is -0.384. The quantitative estimate of drug-likeness (QED) is 0.406. The second-order valence-corrected chi connectivity index (χ2v) is 8.23. The molecule has 0 aliphatic carbocycles. The highest BCUT2D eigenvalue weighted by Gasteiger charge is 2.18. The molecular formula is C19H12ClF2N3O5S. The number of amides is 1. The fraction of sp³-hybridized carbons (Fsp3) is 0. The predicted molar refractivity (Wildman–Crippen MR) is 110 cm³/mol. The summed E-state index contributed by atoms with van der Waals surface area (Å²) < 4.78 is 53.1. The van der Waals surface area contributed by atoms with Crippen LogP contribution in [0.3, 0.4) is 0 Å². The van der Waals surface area contributed by atoms with E-state index in [9.17, 15) is 32.1 Å². The fourth-order valence-corrected chi connectivity index (χ4v) is 3.74. The number of anilines is 2. The number of nitro groups is 1. The Morgan fingerprint density at radius 2 is 1.58 bits per heavy atom. The Balaban J connectivity index is 1.74. The lowest BCUT2D eigenvalue weighted by Crippen LogP contribution is -2.14. The Kier molecular flexibility index (Phi) is 6.18.